The zero-order chi connectivity index (χ0) is 22.2. The third kappa shape index (κ3) is 6.70. The molecule has 0 unspecified atom stereocenters. The molecule has 1 heteroatoms. The highest BCUT2D eigenvalue weighted by Gasteiger charge is 2.24. The maximum absolute atomic E-state index is 5.81. The van der Waals surface area contributed by atoms with E-state index in [1.165, 1.54) is 81.8 Å². The molecule has 2 aromatic rings. The van der Waals surface area contributed by atoms with Gasteiger partial charge >= 0.3 is 0 Å². The smallest absolute Gasteiger partial charge is 0.0575 e. The molecule has 0 bridgehead atoms. The molecule has 1 atom stereocenters. The molecule has 0 heterocycles. The summed E-state index contributed by atoms with van der Waals surface area (Å²) in [7, 11) is 0. The van der Waals surface area contributed by atoms with E-state index in [0.717, 1.165) is 24.4 Å². The van der Waals surface area contributed by atoms with Crippen molar-refractivity contribution in [2.24, 2.45) is 11.8 Å². The highest BCUT2D eigenvalue weighted by molar-refractivity contribution is 5.26. The maximum Gasteiger partial charge on any atom is 0.0575 e. The van der Waals surface area contributed by atoms with E-state index in [4.69, 9.17) is 4.74 Å². The first-order valence-electron chi connectivity index (χ1n) is 13.5. The van der Waals surface area contributed by atoms with Crippen LogP contribution >= 0.6 is 0 Å². The largest absolute Gasteiger partial charge is 0.379 e. The molecule has 0 radical (unpaired) electrons. The molecule has 0 amide bonds. The van der Waals surface area contributed by atoms with Crippen molar-refractivity contribution in [2.75, 3.05) is 6.61 Å². The van der Waals surface area contributed by atoms with Crippen molar-refractivity contribution >= 4 is 0 Å². The van der Waals surface area contributed by atoms with Crippen LogP contribution in [0.4, 0.5) is 0 Å². The van der Waals surface area contributed by atoms with E-state index in [0.29, 0.717) is 12.0 Å². The number of rotatable bonds is 9. The highest BCUT2D eigenvalue weighted by Crippen LogP contribution is 2.40. The fourth-order valence-corrected chi connectivity index (χ4v) is 6.30. The van der Waals surface area contributed by atoms with E-state index in [-0.39, 0.29) is 0 Å². The number of hydrogen-bond donors (Lipinski definition) is 0. The summed E-state index contributed by atoms with van der Waals surface area (Å²) in [6.45, 7) is 5.40. The van der Waals surface area contributed by atoms with Crippen LogP contribution in [0.2, 0.25) is 0 Å². The Balaban J connectivity index is 1.18. The molecule has 0 aliphatic heterocycles. The van der Waals surface area contributed by atoms with Crippen LogP contribution in [-0.4, -0.2) is 12.7 Å². The van der Waals surface area contributed by atoms with Crippen LogP contribution in [0, 0.1) is 11.8 Å². The molecule has 4 rings (SSSR count). The van der Waals surface area contributed by atoms with E-state index < -0.39 is 0 Å². The highest BCUT2D eigenvalue weighted by atomic mass is 16.5. The van der Waals surface area contributed by atoms with Gasteiger partial charge in [-0.1, -0.05) is 61.5 Å². The van der Waals surface area contributed by atoms with Crippen LogP contribution < -0.4 is 0 Å². The van der Waals surface area contributed by atoms with Crippen molar-refractivity contribution in [2.45, 2.75) is 102 Å². The number of aryl methyl sites for hydroxylation is 1. The molecule has 2 aliphatic rings. The predicted octanol–water partition coefficient (Wildman–Crippen LogP) is 8.68. The van der Waals surface area contributed by atoms with E-state index in [1.54, 1.807) is 5.56 Å². The van der Waals surface area contributed by atoms with Gasteiger partial charge in [-0.3, -0.25) is 0 Å². The molecule has 174 valence electrons. The molecule has 2 saturated carbocycles. The summed E-state index contributed by atoms with van der Waals surface area (Å²) >= 11 is 0. The Morgan fingerprint density at radius 2 is 1.44 bits per heavy atom. The van der Waals surface area contributed by atoms with E-state index >= 15 is 0 Å². The van der Waals surface area contributed by atoms with Gasteiger partial charge in [0.25, 0.3) is 0 Å². The lowest BCUT2D eigenvalue weighted by atomic mass is 9.75. The van der Waals surface area contributed by atoms with Crippen molar-refractivity contribution in [3.05, 3.63) is 71.3 Å². The van der Waals surface area contributed by atoms with Crippen molar-refractivity contribution in [3.8, 4) is 0 Å². The van der Waals surface area contributed by atoms with Gasteiger partial charge < -0.3 is 4.74 Å². The van der Waals surface area contributed by atoms with Gasteiger partial charge in [0, 0.05) is 6.61 Å². The van der Waals surface area contributed by atoms with Crippen LogP contribution in [0.15, 0.2) is 54.6 Å². The Kier molecular flexibility index (Phi) is 8.85. The monoisotopic (exact) mass is 432 g/mol. The van der Waals surface area contributed by atoms with Crippen LogP contribution in [0.1, 0.15) is 107 Å². The minimum atomic E-state index is 0.534. The first kappa shape index (κ1) is 23.6. The van der Waals surface area contributed by atoms with E-state index in [2.05, 4.69) is 68.4 Å². The maximum atomic E-state index is 5.81. The van der Waals surface area contributed by atoms with Gasteiger partial charge in [-0.05, 0) is 118 Å². The van der Waals surface area contributed by atoms with Gasteiger partial charge in [0.2, 0.25) is 0 Å². The summed E-state index contributed by atoms with van der Waals surface area (Å²) in [5.41, 5.74) is 4.62. The van der Waals surface area contributed by atoms with Gasteiger partial charge in [-0.2, -0.15) is 0 Å². The predicted molar refractivity (Wildman–Crippen MR) is 136 cm³/mol. The first-order chi connectivity index (χ1) is 15.7. The van der Waals surface area contributed by atoms with Crippen LogP contribution in [0.25, 0.3) is 0 Å². The van der Waals surface area contributed by atoms with Gasteiger partial charge in [-0.15, -0.1) is 0 Å². The summed E-state index contributed by atoms with van der Waals surface area (Å²) in [6, 6.07) is 20.8. The van der Waals surface area contributed by atoms with Crippen molar-refractivity contribution < 1.29 is 4.74 Å². The van der Waals surface area contributed by atoms with Crippen LogP contribution in [0.3, 0.4) is 0 Å². The van der Waals surface area contributed by atoms with Gasteiger partial charge in [0.1, 0.15) is 0 Å². The number of benzene rings is 2. The Morgan fingerprint density at radius 3 is 2.09 bits per heavy atom. The molecule has 0 N–H and O–H groups in total. The molecule has 2 fully saturated rings. The molecule has 0 aromatic heterocycles. The molecule has 1 nitrogen and oxygen atoms in total. The zero-order valence-corrected chi connectivity index (χ0v) is 20.5. The second kappa shape index (κ2) is 12.0. The average Bonchev–Trinajstić information content (AvgIpc) is 2.85. The number of ether oxygens (including phenoxy) is 1. The molecular weight excluding hydrogens is 388 g/mol. The summed E-state index contributed by atoms with van der Waals surface area (Å²) in [6.07, 6.45) is 15.3. The van der Waals surface area contributed by atoms with Crippen LogP contribution in [-0.2, 0) is 11.2 Å². The molecule has 0 saturated heterocycles. The minimum absolute atomic E-state index is 0.534. The quantitative estimate of drug-likeness (QED) is 0.385. The summed E-state index contributed by atoms with van der Waals surface area (Å²) in [4.78, 5) is 0. The van der Waals surface area contributed by atoms with Crippen molar-refractivity contribution in [3.63, 3.8) is 0 Å². The van der Waals surface area contributed by atoms with Crippen molar-refractivity contribution in [1.82, 2.24) is 0 Å². The Labute approximate surface area is 197 Å². The normalized spacial score (nSPS) is 27.2. The Bertz CT molecular complexity index is 764. The summed E-state index contributed by atoms with van der Waals surface area (Å²) < 4.78 is 5.81. The Morgan fingerprint density at radius 1 is 0.781 bits per heavy atom. The second-order valence-corrected chi connectivity index (χ2v) is 10.6. The lowest BCUT2D eigenvalue weighted by Crippen LogP contribution is -2.21. The summed E-state index contributed by atoms with van der Waals surface area (Å²) in [5, 5.41) is 0. The second-order valence-electron chi connectivity index (χ2n) is 10.6. The molecular formula is C31H44O. The molecule has 0 spiro atoms. The molecule has 2 aliphatic carbocycles. The SMILES string of the molecule is CCOC1CCC(CCc2ccc(C3CCC(C[C@H](C)c4ccccc4)CC3)cc2)CC1. The number of hydrogen-bond acceptors (Lipinski definition) is 1. The fourth-order valence-electron chi connectivity index (χ4n) is 6.30. The Hall–Kier alpha value is -1.60. The standard InChI is InChI=1S/C31H44O/c1-3-32-31-21-15-26(16-22-31)10-9-25-11-17-29(18-12-25)30-19-13-27(14-20-30)23-24(2)28-7-5-4-6-8-28/h4-8,11-12,17-18,24,26-27,30-31H,3,9-10,13-16,19-23H2,1-2H3/t24-,26?,27?,30?,31?/m0/s1. The van der Waals surface area contributed by atoms with Gasteiger partial charge in [0.15, 0.2) is 0 Å². The zero-order valence-electron chi connectivity index (χ0n) is 20.5. The third-order valence-corrected chi connectivity index (χ3v) is 8.39. The lowest BCUT2D eigenvalue weighted by Gasteiger charge is -2.30. The molecule has 32 heavy (non-hydrogen) atoms. The third-order valence-electron chi connectivity index (χ3n) is 8.39. The topological polar surface area (TPSA) is 9.23 Å². The average molecular weight is 433 g/mol. The van der Waals surface area contributed by atoms with E-state index in [9.17, 15) is 0 Å². The summed E-state index contributed by atoms with van der Waals surface area (Å²) in [5.74, 6) is 3.27. The van der Waals surface area contributed by atoms with Gasteiger partial charge in [0.05, 0.1) is 6.10 Å². The van der Waals surface area contributed by atoms with Crippen molar-refractivity contribution in [1.29, 1.82) is 0 Å². The van der Waals surface area contributed by atoms with E-state index in [1.807, 2.05) is 0 Å². The fraction of sp³-hybridized carbons (Fsp3) is 0.613. The first-order valence-corrected chi connectivity index (χ1v) is 13.5. The minimum Gasteiger partial charge on any atom is -0.379 e. The molecule has 2 aromatic carbocycles. The lowest BCUT2D eigenvalue weighted by molar-refractivity contribution is 0.0248. The van der Waals surface area contributed by atoms with Crippen LogP contribution in [0.5, 0.6) is 0 Å². The van der Waals surface area contributed by atoms with Gasteiger partial charge in [-0.25, -0.2) is 0 Å².